The van der Waals surface area contributed by atoms with E-state index in [4.69, 9.17) is 19.9 Å². The summed E-state index contributed by atoms with van der Waals surface area (Å²) in [7, 11) is 3.13. The van der Waals surface area contributed by atoms with Crippen molar-refractivity contribution < 1.29 is 38.5 Å². The summed E-state index contributed by atoms with van der Waals surface area (Å²) in [5.41, 5.74) is 5.45. The standard InChI is InChI=1S/C25H38N4O8/c1-16(2)29(24(32)17-6-9-20(36-4)21(12-17)37-11-5-10-35-3)19-8-7-18(28(15-19)25(33)34)13-23(31)27-14-22(26)30/h6,9,12,16,18-19H,5,7-8,10-11,13-15H2,1-4H3,(H2,26,30)(H,27,31)(H,33,34)/t18-,19+/m0/s1. The van der Waals surface area contributed by atoms with Crippen LogP contribution in [0.2, 0.25) is 0 Å². The van der Waals surface area contributed by atoms with Crippen LogP contribution < -0.4 is 20.5 Å². The highest BCUT2D eigenvalue weighted by Gasteiger charge is 2.38. The number of nitrogens with one attached hydrogen (secondary N) is 1. The number of ether oxygens (including phenoxy) is 3. The molecule has 1 aliphatic heterocycles. The van der Waals surface area contributed by atoms with Crippen molar-refractivity contribution in [1.82, 2.24) is 15.1 Å². The van der Waals surface area contributed by atoms with E-state index in [0.717, 1.165) is 0 Å². The molecule has 0 aliphatic carbocycles. The number of carbonyl (C=O) groups excluding carboxylic acids is 3. The van der Waals surface area contributed by atoms with Crippen LogP contribution in [0.4, 0.5) is 4.79 Å². The molecule has 0 aromatic heterocycles. The number of nitrogens with zero attached hydrogens (tertiary/aromatic N) is 2. The summed E-state index contributed by atoms with van der Waals surface area (Å²) < 4.78 is 16.2. The Labute approximate surface area is 217 Å². The minimum atomic E-state index is -1.18. The van der Waals surface area contributed by atoms with Gasteiger partial charge in [-0.1, -0.05) is 0 Å². The van der Waals surface area contributed by atoms with Gasteiger partial charge in [-0.2, -0.15) is 0 Å². The first kappa shape index (κ1) is 29.7. The first-order valence-electron chi connectivity index (χ1n) is 12.3. The minimum absolute atomic E-state index is 0.0591. The third-order valence-electron chi connectivity index (χ3n) is 6.15. The molecule has 37 heavy (non-hydrogen) atoms. The fourth-order valence-electron chi connectivity index (χ4n) is 4.43. The number of amides is 4. The molecule has 0 bridgehead atoms. The summed E-state index contributed by atoms with van der Waals surface area (Å²) in [4.78, 5) is 51.6. The Morgan fingerprint density at radius 2 is 1.89 bits per heavy atom. The number of likely N-dealkylation sites (tertiary alicyclic amines) is 1. The van der Waals surface area contributed by atoms with Crippen LogP contribution in [0.15, 0.2) is 18.2 Å². The van der Waals surface area contributed by atoms with Crippen molar-refractivity contribution in [3.8, 4) is 11.5 Å². The second-order valence-electron chi connectivity index (χ2n) is 9.13. The van der Waals surface area contributed by atoms with E-state index < -0.39 is 23.9 Å². The summed E-state index contributed by atoms with van der Waals surface area (Å²) in [5.74, 6) is -0.461. The number of rotatable bonds is 13. The van der Waals surface area contributed by atoms with E-state index in [1.807, 2.05) is 13.8 Å². The third-order valence-corrected chi connectivity index (χ3v) is 6.15. The number of benzene rings is 1. The van der Waals surface area contributed by atoms with Crippen molar-refractivity contribution in [3.63, 3.8) is 0 Å². The number of hydrogen-bond acceptors (Lipinski definition) is 7. The highest BCUT2D eigenvalue weighted by molar-refractivity contribution is 5.95. The zero-order chi connectivity index (χ0) is 27.5. The van der Waals surface area contributed by atoms with Gasteiger partial charge in [-0.15, -0.1) is 0 Å². The highest BCUT2D eigenvalue weighted by Crippen LogP contribution is 2.31. The maximum Gasteiger partial charge on any atom is 0.407 e. The Morgan fingerprint density at radius 1 is 1.16 bits per heavy atom. The lowest BCUT2D eigenvalue weighted by Crippen LogP contribution is -2.57. The second kappa shape index (κ2) is 14.3. The quantitative estimate of drug-likeness (QED) is 0.328. The molecule has 2 atom stereocenters. The molecule has 1 fully saturated rings. The molecule has 12 heteroatoms. The van der Waals surface area contributed by atoms with Gasteiger partial charge in [0, 0.05) is 50.8 Å². The Bertz CT molecular complexity index is 955. The van der Waals surface area contributed by atoms with Crippen LogP contribution in [0.3, 0.4) is 0 Å². The maximum atomic E-state index is 13.6. The second-order valence-corrected chi connectivity index (χ2v) is 9.13. The molecule has 4 N–H and O–H groups in total. The summed E-state index contributed by atoms with van der Waals surface area (Å²) in [6, 6.07) is 3.79. The van der Waals surface area contributed by atoms with Gasteiger partial charge in [0.1, 0.15) is 0 Å². The molecule has 0 unspecified atom stereocenters. The van der Waals surface area contributed by atoms with Crippen molar-refractivity contribution >= 4 is 23.8 Å². The first-order valence-corrected chi connectivity index (χ1v) is 12.3. The SMILES string of the molecule is COCCCOc1cc(C(=O)N(C(C)C)[C@@H]2CC[C@@H](CC(=O)NCC(N)=O)N(C(=O)O)C2)ccc1OC. The molecule has 0 radical (unpaired) electrons. The van der Waals surface area contributed by atoms with Crippen molar-refractivity contribution in [3.05, 3.63) is 23.8 Å². The van der Waals surface area contributed by atoms with E-state index in [9.17, 15) is 24.3 Å². The summed E-state index contributed by atoms with van der Waals surface area (Å²) in [6.45, 7) is 4.43. The number of hydrogen-bond donors (Lipinski definition) is 3. The lowest BCUT2D eigenvalue weighted by molar-refractivity contribution is -0.125. The summed E-state index contributed by atoms with van der Waals surface area (Å²) >= 11 is 0. The number of carbonyl (C=O) groups is 4. The lowest BCUT2D eigenvalue weighted by Gasteiger charge is -2.44. The maximum absolute atomic E-state index is 13.6. The molecule has 1 aromatic carbocycles. The normalized spacial score (nSPS) is 17.3. The van der Waals surface area contributed by atoms with Crippen LogP contribution in [0, 0.1) is 0 Å². The van der Waals surface area contributed by atoms with Gasteiger partial charge in [0.25, 0.3) is 5.91 Å². The van der Waals surface area contributed by atoms with E-state index in [0.29, 0.717) is 49.5 Å². The predicted octanol–water partition coefficient (Wildman–Crippen LogP) is 1.46. The molecule has 0 saturated carbocycles. The first-order chi connectivity index (χ1) is 17.6. The van der Waals surface area contributed by atoms with Crippen molar-refractivity contribution in [2.75, 3.05) is 40.5 Å². The smallest absolute Gasteiger partial charge is 0.407 e. The fourth-order valence-corrected chi connectivity index (χ4v) is 4.43. The molecule has 1 aliphatic rings. The zero-order valence-electron chi connectivity index (χ0n) is 21.9. The molecule has 1 heterocycles. The van der Waals surface area contributed by atoms with Crippen molar-refractivity contribution in [1.29, 1.82) is 0 Å². The highest BCUT2D eigenvalue weighted by atomic mass is 16.5. The van der Waals surface area contributed by atoms with Crippen LogP contribution >= 0.6 is 0 Å². The van der Waals surface area contributed by atoms with E-state index in [2.05, 4.69) is 5.32 Å². The van der Waals surface area contributed by atoms with E-state index in [-0.39, 0.29) is 37.5 Å². The number of carboxylic acid groups (broad SMARTS) is 1. The van der Waals surface area contributed by atoms with Gasteiger partial charge in [-0.05, 0) is 44.9 Å². The molecule has 12 nitrogen and oxygen atoms in total. The zero-order valence-corrected chi connectivity index (χ0v) is 21.9. The van der Waals surface area contributed by atoms with Crippen LogP contribution in [-0.2, 0) is 14.3 Å². The molecule has 4 amide bonds. The Kier molecular flexibility index (Phi) is 11.4. The monoisotopic (exact) mass is 522 g/mol. The van der Waals surface area contributed by atoms with Gasteiger partial charge < -0.3 is 40.2 Å². The topological polar surface area (TPSA) is 161 Å². The van der Waals surface area contributed by atoms with Gasteiger partial charge in [0.15, 0.2) is 11.5 Å². The van der Waals surface area contributed by atoms with Gasteiger partial charge in [0.2, 0.25) is 11.8 Å². The molecule has 0 spiro atoms. The molecule has 2 rings (SSSR count). The average Bonchev–Trinajstić information content (AvgIpc) is 2.85. The molecular weight excluding hydrogens is 484 g/mol. The van der Waals surface area contributed by atoms with Crippen LogP contribution in [-0.4, -0.2) is 97.4 Å². The Hall–Kier alpha value is -3.54. The average molecular weight is 523 g/mol. The van der Waals surface area contributed by atoms with E-state index >= 15 is 0 Å². The van der Waals surface area contributed by atoms with Gasteiger partial charge in [-0.3, -0.25) is 14.4 Å². The number of primary amides is 1. The number of piperidine rings is 1. The van der Waals surface area contributed by atoms with E-state index in [1.165, 1.54) is 12.0 Å². The Morgan fingerprint density at radius 3 is 2.49 bits per heavy atom. The van der Waals surface area contributed by atoms with Gasteiger partial charge in [-0.25, -0.2) is 4.79 Å². The van der Waals surface area contributed by atoms with Crippen LogP contribution in [0.5, 0.6) is 11.5 Å². The molecular formula is C25H38N4O8. The largest absolute Gasteiger partial charge is 0.493 e. The summed E-state index contributed by atoms with van der Waals surface area (Å²) in [5, 5.41) is 12.2. The minimum Gasteiger partial charge on any atom is -0.493 e. The van der Waals surface area contributed by atoms with E-state index in [1.54, 1.807) is 30.2 Å². The van der Waals surface area contributed by atoms with Gasteiger partial charge >= 0.3 is 6.09 Å². The predicted molar refractivity (Wildman–Crippen MR) is 135 cm³/mol. The molecule has 206 valence electrons. The number of nitrogens with two attached hydrogens (primary N) is 1. The lowest BCUT2D eigenvalue weighted by atomic mass is 9.93. The van der Waals surface area contributed by atoms with Crippen molar-refractivity contribution in [2.24, 2.45) is 5.73 Å². The molecule has 1 aromatic rings. The fraction of sp³-hybridized carbons (Fsp3) is 0.600. The van der Waals surface area contributed by atoms with Crippen LogP contribution in [0.25, 0.3) is 0 Å². The number of methoxy groups -OCH3 is 2. The van der Waals surface area contributed by atoms with Gasteiger partial charge in [0.05, 0.1) is 26.3 Å². The summed E-state index contributed by atoms with van der Waals surface area (Å²) in [6.07, 6.45) is 0.297. The molecule has 1 saturated heterocycles. The third kappa shape index (κ3) is 8.52. The van der Waals surface area contributed by atoms with Crippen molar-refractivity contribution in [2.45, 2.75) is 57.7 Å². The van der Waals surface area contributed by atoms with Crippen LogP contribution in [0.1, 0.15) is 49.9 Å². The Balaban J connectivity index is 2.19.